The molecule has 1 spiro atoms. The molecular weight excluding hydrogens is 475 g/mol. The first-order valence-corrected chi connectivity index (χ1v) is 11.7. The van der Waals surface area contributed by atoms with Gasteiger partial charge in [0.1, 0.15) is 23.7 Å². The molecule has 0 bridgehead atoms. The van der Waals surface area contributed by atoms with Crippen molar-refractivity contribution in [1.29, 1.82) is 0 Å². The van der Waals surface area contributed by atoms with E-state index in [1.165, 1.54) is 18.5 Å². The molecule has 1 aromatic heterocycles. The number of likely N-dealkylation sites (N-methyl/N-ethyl adjacent to an activating group) is 1. The predicted octanol–water partition coefficient (Wildman–Crippen LogP) is 4.11. The van der Waals surface area contributed by atoms with E-state index in [1.807, 2.05) is 19.2 Å². The van der Waals surface area contributed by atoms with E-state index in [-0.39, 0.29) is 16.7 Å². The Balaban J connectivity index is 1.23. The molecule has 2 aliphatic rings. The van der Waals surface area contributed by atoms with Crippen LogP contribution in [0.1, 0.15) is 6.42 Å². The zero-order valence-corrected chi connectivity index (χ0v) is 20.2. The number of benzene rings is 2. The van der Waals surface area contributed by atoms with Gasteiger partial charge in [-0.25, -0.2) is 19.2 Å². The van der Waals surface area contributed by atoms with Crippen LogP contribution in [-0.2, 0) is 4.74 Å². The molecule has 2 saturated heterocycles. The summed E-state index contributed by atoms with van der Waals surface area (Å²) in [5, 5.41) is 7.13. The van der Waals surface area contributed by atoms with Crippen molar-refractivity contribution >= 4 is 45.8 Å². The van der Waals surface area contributed by atoms with Crippen molar-refractivity contribution in [2.75, 3.05) is 57.5 Å². The Morgan fingerprint density at radius 2 is 2.06 bits per heavy atom. The van der Waals surface area contributed by atoms with Gasteiger partial charge in [-0.15, -0.1) is 0 Å². The summed E-state index contributed by atoms with van der Waals surface area (Å²) in [5.41, 5.74) is 1.82. The number of amides is 1. The summed E-state index contributed by atoms with van der Waals surface area (Å²) in [4.78, 5) is 24.2. The van der Waals surface area contributed by atoms with Crippen molar-refractivity contribution in [3.05, 3.63) is 47.5 Å². The summed E-state index contributed by atoms with van der Waals surface area (Å²) in [6, 6.07) is 8.20. The summed E-state index contributed by atoms with van der Waals surface area (Å²) < 4.78 is 25.1. The molecule has 2 fully saturated rings. The largest absolute Gasteiger partial charge is 0.491 e. The van der Waals surface area contributed by atoms with E-state index < -0.39 is 5.82 Å². The predicted molar refractivity (Wildman–Crippen MR) is 132 cm³/mol. The van der Waals surface area contributed by atoms with E-state index >= 15 is 0 Å². The number of rotatable bonds is 8. The van der Waals surface area contributed by atoms with Crippen LogP contribution >= 0.6 is 11.6 Å². The Morgan fingerprint density at radius 3 is 2.77 bits per heavy atom. The normalized spacial score (nSPS) is 16.9. The molecule has 0 unspecified atom stereocenters. The summed E-state index contributed by atoms with van der Waals surface area (Å²) >= 11 is 5.92. The Hall–Kier alpha value is -3.37. The average molecular weight is 501 g/mol. The van der Waals surface area contributed by atoms with Crippen molar-refractivity contribution < 1.29 is 18.7 Å². The van der Waals surface area contributed by atoms with E-state index in [2.05, 4.69) is 25.5 Å². The number of carbonyl (C=O) groups is 1. The van der Waals surface area contributed by atoms with Crippen molar-refractivity contribution in [3.63, 3.8) is 0 Å². The van der Waals surface area contributed by atoms with Crippen LogP contribution in [0, 0.1) is 5.82 Å². The molecule has 2 aliphatic heterocycles. The topological polar surface area (TPSA) is 91.9 Å². The maximum absolute atomic E-state index is 13.5. The highest BCUT2D eigenvalue weighted by molar-refractivity contribution is 6.31. The first kappa shape index (κ1) is 23.4. The highest BCUT2D eigenvalue weighted by atomic mass is 35.5. The minimum absolute atomic E-state index is 0.0288. The maximum Gasteiger partial charge on any atom is 0.410 e. The first-order valence-electron chi connectivity index (χ1n) is 11.3. The highest BCUT2D eigenvalue weighted by Gasteiger charge is 2.52. The minimum atomic E-state index is -0.482. The highest BCUT2D eigenvalue weighted by Crippen LogP contribution is 2.34. The maximum atomic E-state index is 13.5. The lowest BCUT2D eigenvalue weighted by Gasteiger charge is -2.45. The van der Waals surface area contributed by atoms with Crippen LogP contribution in [0.2, 0.25) is 5.02 Å². The number of nitrogens with zero attached hydrogens (tertiary/aromatic N) is 4. The molecule has 5 rings (SSSR count). The number of aromatic nitrogens is 2. The van der Waals surface area contributed by atoms with E-state index in [9.17, 15) is 9.18 Å². The Morgan fingerprint density at radius 1 is 1.23 bits per heavy atom. The molecule has 3 heterocycles. The fraction of sp³-hybridized carbons (Fsp3) is 0.375. The Kier molecular flexibility index (Phi) is 6.24. The van der Waals surface area contributed by atoms with Gasteiger partial charge in [0, 0.05) is 44.8 Å². The van der Waals surface area contributed by atoms with Crippen molar-refractivity contribution in [2.45, 2.75) is 12.0 Å². The van der Waals surface area contributed by atoms with Gasteiger partial charge in [-0.1, -0.05) is 11.6 Å². The molecule has 0 radical (unpaired) electrons. The second-order valence-corrected chi connectivity index (χ2v) is 9.32. The van der Waals surface area contributed by atoms with Gasteiger partial charge in [-0.05, 0) is 36.8 Å². The van der Waals surface area contributed by atoms with Gasteiger partial charge >= 0.3 is 6.09 Å². The molecule has 35 heavy (non-hydrogen) atoms. The fourth-order valence-electron chi connectivity index (χ4n) is 4.56. The van der Waals surface area contributed by atoms with E-state index in [0.717, 1.165) is 42.6 Å². The number of fused-ring (bicyclic) bond motifs is 1. The first-order chi connectivity index (χ1) is 16.9. The monoisotopic (exact) mass is 500 g/mol. The van der Waals surface area contributed by atoms with E-state index in [4.69, 9.17) is 21.1 Å². The molecule has 9 nitrogen and oxygen atoms in total. The van der Waals surface area contributed by atoms with Crippen LogP contribution in [0.25, 0.3) is 10.9 Å². The van der Waals surface area contributed by atoms with E-state index in [0.29, 0.717) is 30.4 Å². The smallest absolute Gasteiger partial charge is 0.410 e. The standard InChI is InChI=1S/C24H26ClFN6O3/c1-27-20-10-19-16(22(29-14-28-19)30-15-4-5-18(26)17(25)8-15)9-21(20)34-7-3-6-32-12-24(13-32)11-31(2)23(33)35-24/h4-5,8-10,14,27H,3,6-7,11-13H2,1-2H3,(H,28,29,30). The second-order valence-electron chi connectivity index (χ2n) is 8.91. The van der Waals surface area contributed by atoms with Gasteiger partial charge in [0.2, 0.25) is 0 Å². The molecule has 184 valence electrons. The number of anilines is 3. The third-order valence-electron chi connectivity index (χ3n) is 6.23. The van der Waals surface area contributed by atoms with Crippen LogP contribution in [0.5, 0.6) is 5.75 Å². The fourth-order valence-corrected chi connectivity index (χ4v) is 4.74. The Labute approximate surface area is 207 Å². The van der Waals surface area contributed by atoms with Gasteiger partial charge in [0.25, 0.3) is 0 Å². The second kappa shape index (κ2) is 9.35. The summed E-state index contributed by atoms with van der Waals surface area (Å²) in [6.07, 6.45) is 2.05. The van der Waals surface area contributed by atoms with Gasteiger partial charge in [-0.2, -0.15) is 0 Å². The number of ether oxygens (including phenoxy) is 2. The molecule has 0 saturated carbocycles. The zero-order valence-electron chi connectivity index (χ0n) is 19.5. The number of carbonyl (C=O) groups excluding carboxylic acids is 1. The lowest BCUT2D eigenvalue weighted by molar-refractivity contribution is -0.0742. The molecule has 0 atom stereocenters. The quantitative estimate of drug-likeness (QED) is 0.446. The van der Waals surface area contributed by atoms with Crippen molar-refractivity contribution in [3.8, 4) is 5.75 Å². The van der Waals surface area contributed by atoms with E-state index in [1.54, 1.807) is 18.0 Å². The van der Waals surface area contributed by atoms with Crippen LogP contribution < -0.4 is 15.4 Å². The summed E-state index contributed by atoms with van der Waals surface area (Å²) in [7, 11) is 3.59. The van der Waals surface area contributed by atoms with Gasteiger partial charge in [0.05, 0.1) is 29.4 Å². The number of hydrogen-bond acceptors (Lipinski definition) is 8. The van der Waals surface area contributed by atoms with Gasteiger partial charge < -0.3 is 25.0 Å². The molecule has 2 aromatic carbocycles. The molecule has 11 heteroatoms. The third-order valence-corrected chi connectivity index (χ3v) is 6.52. The number of hydrogen-bond donors (Lipinski definition) is 2. The lowest BCUT2D eigenvalue weighted by atomic mass is 9.94. The number of halogens is 2. The SMILES string of the molecule is CNc1cc2ncnc(Nc3ccc(F)c(Cl)c3)c2cc1OCCCN1CC2(C1)CN(C)C(=O)O2. The molecule has 3 aromatic rings. The molecule has 2 N–H and O–H groups in total. The Bertz CT molecular complexity index is 1270. The summed E-state index contributed by atoms with van der Waals surface area (Å²) in [6.45, 7) is 3.52. The van der Waals surface area contributed by atoms with Gasteiger partial charge in [0.15, 0.2) is 5.60 Å². The molecule has 0 aliphatic carbocycles. The number of nitrogens with one attached hydrogen (secondary N) is 2. The average Bonchev–Trinajstić information content (AvgIpc) is 3.12. The summed E-state index contributed by atoms with van der Waals surface area (Å²) in [5.74, 6) is 0.762. The van der Waals surface area contributed by atoms with Crippen LogP contribution in [0.15, 0.2) is 36.7 Å². The molecular formula is C24H26ClFN6O3. The van der Waals surface area contributed by atoms with Crippen LogP contribution in [0.4, 0.5) is 26.4 Å². The third kappa shape index (κ3) is 4.76. The zero-order chi connectivity index (χ0) is 24.6. The van der Waals surface area contributed by atoms with Crippen molar-refractivity contribution in [2.24, 2.45) is 0 Å². The van der Waals surface area contributed by atoms with Crippen LogP contribution in [0.3, 0.4) is 0 Å². The van der Waals surface area contributed by atoms with Crippen molar-refractivity contribution in [1.82, 2.24) is 19.8 Å². The number of likely N-dealkylation sites (tertiary alicyclic amines) is 1. The van der Waals surface area contributed by atoms with Gasteiger partial charge in [-0.3, -0.25) is 4.90 Å². The molecule has 1 amide bonds. The minimum Gasteiger partial charge on any atom is -0.491 e. The lowest BCUT2D eigenvalue weighted by Crippen LogP contribution is -2.63. The van der Waals surface area contributed by atoms with Crippen LogP contribution in [-0.4, -0.2) is 78.3 Å².